The number of carbonyl (C=O) groups is 3. The highest BCUT2D eigenvalue weighted by Gasteiger charge is 2.38. The molecular formula is C31H31Cl2NO5. The molecule has 0 unspecified atom stereocenters. The number of esters is 1. The summed E-state index contributed by atoms with van der Waals surface area (Å²) in [7, 11) is 0. The van der Waals surface area contributed by atoms with Crippen LogP contribution in [-0.2, 0) is 19.7 Å². The van der Waals surface area contributed by atoms with Gasteiger partial charge in [-0.2, -0.15) is 0 Å². The first kappa shape index (κ1) is 28.7. The van der Waals surface area contributed by atoms with E-state index in [0.717, 1.165) is 5.75 Å². The molecule has 0 aromatic heterocycles. The van der Waals surface area contributed by atoms with Crippen molar-refractivity contribution in [1.82, 2.24) is 0 Å². The third-order valence-corrected chi connectivity index (χ3v) is 7.08. The number of hydrogen-bond acceptors (Lipinski definition) is 5. The minimum Gasteiger partial charge on any atom is -0.457 e. The van der Waals surface area contributed by atoms with Crippen LogP contribution in [0.5, 0.6) is 11.5 Å². The zero-order valence-electron chi connectivity index (χ0n) is 22.2. The molecule has 1 amide bonds. The van der Waals surface area contributed by atoms with E-state index in [1.165, 1.54) is 5.56 Å². The van der Waals surface area contributed by atoms with Gasteiger partial charge in [0.1, 0.15) is 11.5 Å². The Morgan fingerprint density at radius 2 is 1.54 bits per heavy atom. The zero-order chi connectivity index (χ0) is 28.2. The highest BCUT2D eigenvalue weighted by atomic mass is 35.5. The number of ketones is 1. The van der Waals surface area contributed by atoms with Crippen molar-refractivity contribution in [3.05, 3.63) is 88.9 Å². The maximum Gasteiger partial charge on any atom is 0.312 e. The summed E-state index contributed by atoms with van der Waals surface area (Å²) in [4.78, 5) is 40.2. The van der Waals surface area contributed by atoms with Crippen molar-refractivity contribution in [1.29, 1.82) is 0 Å². The van der Waals surface area contributed by atoms with E-state index in [1.807, 2.05) is 24.3 Å². The fourth-order valence-corrected chi connectivity index (χ4v) is 4.67. The minimum absolute atomic E-state index is 0.0000589. The predicted molar refractivity (Wildman–Crippen MR) is 153 cm³/mol. The molecule has 1 aliphatic heterocycles. The van der Waals surface area contributed by atoms with Gasteiger partial charge in [-0.1, -0.05) is 44.5 Å². The smallest absolute Gasteiger partial charge is 0.312 e. The average Bonchev–Trinajstić information content (AvgIpc) is 3.30. The largest absolute Gasteiger partial charge is 0.457 e. The molecule has 6 nitrogen and oxygen atoms in total. The molecule has 0 bridgehead atoms. The van der Waals surface area contributed by atoms with Crippen LogP contribution in [0.3, 0.4) is 0 Å². The molecule has 0 aliphatic carbocycles. The van der Waals surface area contributed by atoms with Gasteiger partial charge in [-0.3, -0.25) is 14.4 Å². The Hall–Kier alpha value is -3.35. The molecule has 2 atom stereocenters. The molecule has 0 saturated carbocycles. The van der Waals surface area contributed by atoms with Crippen LogP contribution in [0.25, 0.3) is 0 Å². The number of rotatable bonds is 9. The standard InChI is InChI=1S/C31H31Cl2NO5/c1-31(2,3)22-6-12-25(13-7-22)38-26-14-10-24(11-15-26)34-19-21(18-28(34)35)30(37)39-27(16-17-32)29(36)20-4-8-23(33)9-5-20/h4-15,21,27H,16-19H2,1-3H3/t21-,27-/m0/s1. The minimum atomic E-state index is -1.03. The monoisotopic (exact) mass is 567 g/mol. The summed E-state index contributed by atoms with van der Waals surface area (Å²) in [5, 5.41) is 0.497. The molecule has 1 fully saturated rings. The van der Waals surface area contributed by atoms with Gasteiger partial charge in [-0.15, -0.1) is 11.6 Å². The molecule has 1 saturated heterocycles. The summed E-state index contributed by atoms with van der Waals surface area (Å²) in [6, 6.07) is 21.5. The third-order valence-electron chi connectivity index (χ3n) is 6.61. The van der Waals surface area contributed by atoms with Crippen LogP contribution in [0.15, 0.2) is 72.8 Å². The molecular weight excluding hydrogens is 537 g/mol. The number of ether oxygens (including phenoxy) is 2. The lowest BCUT2D eigenvalue weighted by Gasteiger charge is -2.20. The first-order valence-electron chi connectivity index (χ1n) is 12.8. The highest BCUT2D eigenvalue weighted by molar-refractivity contribution is 6.30. The first-order chi connectivity index (χ1) is 18.5. The van der Waals surface area contributed by atoms with Gasteiger partial charge in [0.25, 0.3) is 0 Å². The summed E-state index contributed by atoms with van der Waals surface area (Å²) in [6.45, 7) is 6.63. The van der Waals surface area contributed by atoms with Crippen LogP contribution in [0.4, 0.5) is 5.69 Å². The van der Waals surface area contributed by atoms with Crippen LogP contribution >= 0.6 is 23.2 Å². The maximum absolute atomic E-state index is 12.9. The summed E-state index contributed by atoms with van der Waals surface area (Å²) < 4.78 is 11.5. The van der Waals surface area contributed by atoms with E-state index in [1.54, 1.807) is 53.4 Å². The van der Waals surface area contributed by atoms with Gasteiger partial charge in [0.2, 0.25) is 11.7 Å². The van der Waals surface area contributed by atoms with Crippen molar-refractivity contribution in [2.75, 3.05) is 17.3 Å². The van der Waals surface area contributed by atoms with E-state index < -0.39 is 18.0 Å². The molecule has 1 aliphatic rings. The maximum atomic E-state index is 12.9. The lowest BCUT2D eigenvalue weighted by molar-refractivity contribution is -0.151. The number of alkyl halides is 1. The van der Waals surface area contributed by atoms with Gasteiger partial charge in [0.15, 0.2) is 6.10 Å². The number of Topliss-reactive ketones (excluding diaryl/α,β-unsaturated/α-hetero) is 1. The van der Waals surface area contributed by atoms with Crippen LogP contribution in [0.1, 0.15) is 49.5 Å². The number of halogens is 2. The van der Waals surface area contributed by atoms with Crippen molar-refractivity contribution in [2.45, 2.75) is 45.1 Å². The number of amides is 1. The fourth-order valence-electron chi connectivity index (χ4n) is 4.35. The zero-order valence-corrected chi connectivity index (χ0v) is 23.7. The Morgan fingerprint density at radius 3 is 2.10 bits per heavy atom. The summed E-state index contributed by atoms with van der Waals surface area (Å²) in [6.07, 6.45) is -0.867. The quantitative estimate of drug-likeness (QED) is 0.155. The second-order valence-corrected chi connectivity index (χ2v) is 11.4. The Labute approximate surface area is 238 Å². The number of nitrogens with zero attached hydrogens (tertiary/aromatic N) is 1. The molecule has 0 spiro atoms. The molecule has 8 heteroatoms. The first-order valence-corrected chi connectivity index (χ1v) is 13.7. The molecule has 0 N–H and O–H groups in total. The molecule has 3 aromatic rings. The van der Waals surface area contributed by atoms with E-state index >= 15 is 0 Å². The van der Waals surface area contributed by atoms with Crippen molar-refractivity contribution >= 4 is 46.5 Å². The van der Waals surface area contributed by atoms with Crippen LogP contribution < -0.4 is 9.64 Å². The third kappa shape index (κ3) is 7.20. The van der Waals surface area contributed by atoms with E-state index in [0.29, 0.717) is 22.0 Å². The Kier molecular flexibility index (Phi) is 8.98. The highest BCUT2D eigenvalue weighted by Crippen LogP contribution is 2.31. The normalized spacial score (nSPS) is 16.2. The van der Waals surface area contributed by atoms with E-state index in [2.05, 4.69) is 20.8 Å². The number of benzene rings is 3. The topological polar surface area (TPSA) is 72.9 Å². The lowest BCUT2D eigenvalue weighted by atomic mass is 9.87. The second-order valence-electron chi connectivity index (χ2n) is 10.6. The van der Waals surface area contributed by atoms with Gasteiger partial charge in [-0.25, -0.2) is 0 Å². The number of carbonyl (C=O) groups excluding carboxylic acids is 3. The van der Waals surface area contributed by atoms with E-state index in [4.69, 9.17) is 32.7 Å². The predicted octanol–water partition coefficient (Wildman–Crippen LogP) is 7.21. The van der Waals surface area contributed by atoms with Gasteiger partial charge in [0.05, 0.1) is 5.92 Å². The molecule has 39 heavy (non-hydrogen) atoms. The van der Waals surface area contributed by atoms with Crippen molar-refractivity contribution in [2.24, 2.45) is 5.92 Å². The van der Waals surface area contributed by atoms with Crippen LogP contribution in [-0.4, -0.2) is 36.2 Å². The second kappa shape index (κ2) is 12.2. The van der Waals surface area contributed by atoms with Gasteiger partial charge < -0.3 is 14.4 Å². The van der Waals surface area contributed by atoms with Gasteiger partial charge in [-0.05, 0) is 71.6 Å². The fraction of sp³-hybridized carbons (Fsp3) is 0.323. The summed E-state index contributed by atoms with van der Waals surface area (Å²) in [5.74, 6) is -0.341. The van der Waals surface area contributed by atoms with Gasteiger partial charge in [0, 0.05) is 41.5 Å². The lowest BCUT2D eigenvalue weighted by Crippen LogP contribution is -2.32. The Bertz CT molecular complexity index is 1320. The summed E-state index contributed by atoms with van der Waals surface area (Å²) >= 11 is 11.8. The Morgan fingerprint density at radius 1 is 0.949 bits per heavy atom. The Balaban J connectivity index is 1.37. The average molecular weight is 568 g/mol. The molecule has 204 valence electrons. The van der Waals surface area contributed by atoms with Gasteiger partial charge >= 0.3 is 5.97 Å². The molecule has 0 radical (unpaired) electrons. The molecule has 3 aromatic carbocycles. The van der Waals surface area contributed by atoms with Crippen LogP contribution in [0, 0.1) is 5.92 Å². The van der Waals surface area contributed by atoms with E-state index in [9.17, 15) is 14.4 Å². The molecule has 1 heterocycles. The van der Waals surface area contributed by atoms with Crippen molar-refractivity contribution in [3.63, 3.8) is 0 Å². The van der Waals surface area contributed by atoms with E-state index in [-0.39, 0.29) is 42.4 Å². The SMILES string of the molecule is CC(C)(C)c1ccc(Oc2ccc(N3C[C@@H](C(=O)O[C@@H](CCCl)C(=O)c4ccc(Cl)cc4)CC3=O)cc2)cc1. The van der Waals surface area contributed by atoms with Crippen LogP contribution in [0.2, 0.25) is 5.02 Å². The number of hydrogen-bond donors (Lipinski definition) is 0. The number of anilines is 1. The summed E-state index contributed by atoms with van der Waals surface area (Å²) in [5.41, 5.74) is 2.30. The van der Waals surface area contributed by atoms with Crippen molar-refractivity contribution in [3.8, 4) is 11.5 Å². The molecule has 4 rings (SSSR count). The van der Waals surface area contributed by atoms with Crippen molar-refractivity contribution < 1.29 is 23.9 Å².